The van der Waals surface area contributed by atoms with Gasteiger partial charge in [0.25, 0.3) is 5.78 Å². The predicted molar refractivity (Wildman–Crippen MR) is 56.8 cm³/mol. The molecule has 88 valence electrons. The maximum atomic E-state index is 12.0. The summed E-state index contributed by atoms with van der Waals surface area (Å²) in [7, 11) is 1.10. The van der Waals surface area contributed by atoms with E-state index in [2.05, 4.69) is 4.74 Å². The first kappa shape index (κ1) is 11.3. The summed E-state index contributed by atoms with van der Waals surface area (Å²) in [5.41, 5.74) is 0.320. The van der Waals surface area contributed by atoms with E-state index >= 15 is 0 Å². The molecule has 0 bridgehead atoms. The topological polar surface area (TPSA) is 69.7 Å². The molecule has 5 nitrogen and oxygen atoms in total. The van der Waals surface area contributed by atoms with Crippen molar-refractivity contribution in [1.82, 2.24) is 0 Å². The van der Waals surface area contributed by atoms with Gasteiger partial charge in [0.2, 0.25) is 0 Å². The lowest BCUT2D eigenvalue weighted by Gasteiger charge is -2.22. The zero-order chi connectivity index (χ0) is 12.4. The second kappa shape index (κ2) is 4.37. The molecule has 0 saturated heterocycles. The fraction of sp³-hybridized carbons (Fsp3) is 0.250. The number of benzene rings is 1. The first-order chi connectivity index (χ1) is 8.15. The van der Waals surface area contributed by atoms with Gasteiger partial charge in [0.1, 0.15) is 18.3 Å². The quantitative estimate of drug-likeness (QED) is 0.426. The fourth-order valence-electron chi connectivity index (χ4n) is 1.67. The van der Waals surface area contributed by atoms with E-state index in [0.717, 1.165) is 7.11 Å². The summed E-state index contributed by atoms with van der Waals surface area (Å²) in [4.78, 5) is 34.6. The molecule has 0 saturated carbocycles. The van der Waals surface area contributed by atoms with Gasteiger partial charge in [0, 0.05) is 0 Å². The number of Topliss-reactive ketones (excluding diaryl/α,β-unsaturated/α-hetero) is 2. The monoisotopic (exact) mass is 234 g/mol. The highest BCUT2D eigenvalue weighted by Gasteiger charge is 2.37. The van der Waals surface area contributed by atoms with Crippen LogP contribution >= 0.6 is 0 Å². The van der Waals surface area contributed by atoms with Gasteiger partial charge >= 0.3 is 5.97 Å². The number of esters is 1. The SMILES string of the molecule is COC(=O)C(=O)[C@@H]1COc2ccccc2C1=O. The molecule has 17 heavy (non-hydrogen) atoms. The molecular weight excluding hydrogens is 224 g/mol. The molecule has 0 aromatic heterocycles. The Bertz CT molecular complexity index is 491. The highest BCUT2D eigenvalue weighted by molar-refractivity contribution is 6.39. The molecule has 1 aliphatic heterocycles. The van der Waals surface area contributed by atoms with Crippen molar-refractivity contribution in [3.05, 3.63) is 29.8 Å². The Balaban J connectivity index is 2.29. The van der Waals surface area contributed by atoms with Crippen molar-refractivity contribution in [2.75, 3.05) is 13.7 Å². The standard InChI is InChI=1S/C12H10O5/c1-16-12(15)11(14)8-6-17-9-5-3-2-4-7(9)10(8)13/h2-5,8H,6H2,1H3/t8-/m1/s1. The summed E-state index contributed by atoms with van der Waals surface area (Å²) >= 11 is 0. The normalized spacial score (nSPS) is 17.9. The van der Waals surface area contributed by atoms with Crippen molar-refractivity contribution in [3.8, 4) is 5.75 Å². The van der Waals surface area contributed by atoms with Crippen LogP contribution in [0.2, 0.25) is 0 Å². The maximum absolute atomic E-state index is 12.0. The van der Waals surface area contributed by atoms with Gasteiger partial charge in [0.05, 0.1) is 12.7 Å². The van der Waals surface area contributed by atoms with E-state index in [1.807, 2.05) is 0 Å². The van der Waals surface area contributed by atoms with Gasteiger partial charge in [-0.05, 0) is 12.1 Å². The van der Waals surface area contributed by atoms with Gasteiger partial charge in [-0.25, -0.2) is 4.79 Å². The molecule has 2 rings (SSSR count). The van der Waals surface area contributed by atoms with E-state index in [-0.39, 0.29) is 6.61 Å². The Morgan fingerprint density at radius 2 is 2.06 bits per heavy atom. The van der Waals surface area contributed by atoms with Crippen molar-refractivity contribution in [2.24, 2.45) is 5.92 Å². The van der Waals surface area contributed by atoms with Crippen LogP contribution in [-0.2, 0) is 14.3 Å². The highest BCUT2D eigenvalue weighted by Crippen LogP contribution is 2.27. The molecule has 0 fully saturated rings. The van der Waals surface area contributed by atoms with E-state index in [4.69, 9.17) is 4.74 Å². The number of carbonyl (C=O) groups excluding carboxylic acids is 3. The van der Waals surface area contributed by atoms with Crippen molar-refractivity contribution >= 4 is 17.5 Å². The van der Waals surface area contributed by atoms with Crippen molar-refractivity contribution < 1.29 is 23.9 Å². The zero-order valence-electron chi connectivity index (χ0n) is 9.14. The third kappa shape index (κ3) is 1.91. The van der Waals surface area contributed by atoms with Crippen LogP contribution in [0.3, 0.4) is 0 Å². The van der Waals surface area contributed by atoms with Crippen LogP contribution in [0.25, 0.3) is 0 Å². The molecule has 1 aromatic carbocycles. The first-order valence-electron chi connectivity index (χ1n) is 5.03. The molecular formula is C12H10O5. The average molecular weight is 234 g/mol. The summed E-state index contributed by atoms with van der Waals surface area (Å²) in [6, 6.07) is 6.61. The molecule has 5 heteroatoms. The minimum absolute atomic E-state index is 0.121. The van der Waals surface area contributed by atoms with Gasteiger partial charge in [0.15, 0.2) is 5.78 Å². The van der Waals surface area contributed by atoms with Crippen LogP contribution in [0, 0.1) is 5.92 Å². The van der Waals surface area contributed by atoms with Gasteiger partial charge in [-0.3, -0.25) is 9.59 Å². The van der Waals surface area contributed by atoms with Gasteiger partial charge in [-0.15, -0.1) is 0 Å². The van der Waals surface area contributed by atoms with Crippen molar-refractivity contribution in [2.45, 2.75) is 0 Å². The fourth-order valence-corrected chi connectivity index (χ4v) is 1.67. The Kier molecular flexibility index (Phi) is 2.91. The summed E-state index contributed by atoms with van der Waals surface area (Å²) in [5, 5.41) is 0. The Labute approximate surface area is 97.3 Å². The third-order valence-corrected chi connectivity index (χ3v) is 2.58. The molecule has 0 unspecified atom stereocenters. The van der Waals surface area contributed by atoms with Crippen LogP contribution < -0.4 is 4.74 Å². The predicted octanol–water partition coefficient (Wildman–Crippen LogP) is 0.620. The van der Waals surface area contributed by atoms with Gasteiger partial charge in [-0.1, -0.05) is 12.1 Å². The summed E-state index contributed by atoms with van der Waals surface area (Å²) < 4.78 is 9.58. The molecule has 0 radical (unpaired) electrons. The molecule has 1 heterocycles. The lowest BCUT2D eigenvalue weighted by molar-refractivity contribution is -0.153. The minimum atomic E-state index is -1.10. The summed E-state index contributed by atoms with van der Waals surface area (Å²) in [5.74, 6) is -2.95. The molecule has 1 aromatic rings. The van der Waals surface area contributed by atoms with Crippen molar-refractivity contribution in [3.63, 3.8) is 0 Å². The number of para-hydroxylation sites is 1. The molecule has 0 spiro atoms. The number of fused-ring (bicyclic) bond motifs is 1. The average Bonchev–Trinajstić information content (AvgIpc) is 2.38. The number of ketones is 2. The lowest BCUT2D eigenvalue weighted by Crippen LogP contribution is -2.38. The van der Waals surface area contributed by atoms with Gasteiger partial charge < -0.3 is 9.47 Å². The number of methoxy groups -OCH3 is 1. The van der Waals surface area contributed by atoms with E-state index in [1.54, 1.807) is 24.3 Å². The van der Waals surface area contributed by atoms with E-state index < -0.39 is 23.5 Å². The van der Waals surface area contributed by atoms with E-state index in [9.17, 15) is 14.4 Å². The number of hydrogen-bond acceptors (Lipinski definition) is 5. The second-order valence-electron chi connectivity index (χ2n) is 3.58. The first-order valence-corrected chi connectivity index (χ1v) is 5.03. The van der Waals surface area contributed by atoms with Crippen molar-refractivity contribution in [1.29, 1.82) is 0 Å². The maximum Gasteiger partial charge on any atom is 0.375 e. The van der Waals surface area contributed by atoms with Crippen LogP contribution in [0.5, 0.6) is 5.75 Å². The number of ether oxygens (including phenoxy) is 2. The smallest absolute Gasteiger partial charge is 0.375 e. The largest absolute Gasteiger partial charge is 0.492 e. The zero-order valence-corrected chi connectivity index (χ0v) is 9.14. The Hall–Kier alpha value is -2.17. The van der Waals surface area contributed by atoms with Crippen LogP contribution in [-0.4, -0.2) is 31.3 Å². The number of carbonyl (C=O) groups is 3. The molecule has 1 atom stereocenters. The van der Waals surface area contributed by atoms with E-state index in [1.165, 1.54) is 0 Å². The van der Waals surface area contributed by atoms with Crippen LogP contribution in [0.1, 0.15) is 10.4 Å². The summed E-state index contributed by atoms with van der Waals surface area (Å²) in [6.45, 7) is -0.121. The van der Waals surface area contributed by atoms with Crippen LogP contribution in [0.4, 0.5) is 0 Å². The Morgan fingerprint density at radius 1 is 1.35 bits per heavy atom. The number of rotatable bonds is 2. The summed E-state index contributed by atoms with van der Waals surface area (Å²) in [6.07, 6.45) is 0. The third-order valence-electron chi connectivity index (χ3n) is 2.58. The van der Waals surface area contributed by atoms with Crippen LogP contribution in [0.15, 0.2) is 24.3 Å². The molecule has 1 aliphatic rings. The number of hydrogen-bond donors (Lipinski definition) is 0. The molecule has 0 N–H and O–H groups in total. The van der Waals surface area contributed by atoms with E-state index in [0.29, 0.717) is 11.3 Å². The molecule has 0 aliphatic carbocycles. The molecule has 0 amide bonds. The van der Waals surface area contributed by atoms with Gasteiger partial charge in [-0.2, -0.15) is 0 Å². The Morgan fingerprint density at radius 3 is 2.76 bits per heavy atom. The second-order valence-corrected chi connectivity index (χ2v) is 3.58. The minimum Gasteiger partial charge on any atom is -0.492 e. The lowest BCUT2D eigenvalue weighted by atomic mass is 9.91. The highest BCUT2D eigenvalue weighted by atomic mass is 16.5.